The van der Waals surface area contributed by atoms with E-state index in [2.05, 4.69) is 5.32 Å². The van der Waals surface area contributed by atoms with E-state index < -0.39 is 17.3 Å². The summed E-state index contributed by atoms with van der Waals surface area (Å²) in [7, 11) is 0. The molecule has 0 radical (unpaired) electrons. The number of nitrogens with one attached hydrogen (secondary N) is 1. The molecule has 0 spiro atoms. The zero-order valence-corrected chi connectivity index (χ0v) is 9.10. The summed E-state index contributed by atoms with van der Waals surface area (Å²) in [6, 6.07) is 4.38. The Hall–Kier alpha value is -1.29. The van der Waals surface area contributed by atoms with E-state index in [0.29, 0.717) is 0 Å². The molecule has 82 valence electrons. The summed E-state index contributed by atoms with van der Waals surface area (Å²) in [6.07, 6.45) is 0. The lowest BCUT2D eigenvalue weighted by Gasteiger charge is -2.22. The fraction of sp³-hybridized carbons (Fsp3) is 0.300. The lowest BCUT2D eigenvalue weighted by molar-refractivity contribution is -0.141. The molecule has 2 N–H and O–H groups in total. The number of carboxylic acids is 1. The zero-order chi connectivity index (χ0) is 11.6. The monoisotopic (exact) mass is 231 g/mol. The van der Waals surface area contributed by atoms with Crippen LogP contribution >= 0.6 is 11.6 Å². The Morgan fingerprint density at radius 1 is 1.53 bits per heavy atom. The van der Waals surface area contributed by atoms with E-state index in [-0.39, 0.29) is 10.7 Å². The molecule has 0 fully saturated rings. The number of carbonyl (C=O) groups is 1. The van der Waals surface area contributed by atoms with E-state index in [1.807, 2.05) is 0 Å². The summed E-state index contributed by atoms with van der Waals surface area (Å²) in [5.41, 5.74) is -1.17. The summed E-state index contributed by atoms with van der Waals surface area (Å²) < 4.78 is 13.4. The van der Waals surface area contributed by atoms with Crippen molar-refractivity contribution in [2.75, 3.05) is 5.32 Å². The maximum Gasteiger partial charge on any atom is 0.328 e. The molecule has 0 aromatic heterocycles. The van der Waals surface area contributed by atoms with Gasteiger partial charge in [-0.25, -0.2) is 9.18 Å². The highest BCUT2D eigenvalue weighted by atomic mass is 35.5. The van der Waals surface area contributed by atoms with Crippen LogP contribution in [0, 0.1) is 5.82 Å². The number of aliphatic carboxylic acids is 1. The molecule has 1 aromatic carbocycles. The standard InChI is InChI=1S/C10H11ClFNO2/c1-10(2,9(14)15)13-7-5-3-4-6(11)8(7)12/h3-5,13H,1-2H3,(H,14,15). The third kappa shape index (κ3) is 2.59. The SMILES string of the molecule is CC(C)(Nc1cccc(Cl)c1F)C(=O)O. The molecule has 0 bridgehead atoms. The van der Waals surface area contributed by atoms with Crippen molar-refractivity contribution < 1.29 is 14.3 Å². The van der Waals surface area contributed by atoms with Gasteiger partial charge in [0.25, 0.3) is 0 Å². The van der Waals surface area contributed by atoms with Crippen LogP contribution in [-0.4, -0.2) is 16.6 Å². The molecular weight excluding hydrogens is 221 g/mol. The Balaban J connectivity index is 3.00. The average Bonchev–Trinajstić information content (AvgIpc) is 2.12. The van der Waals surface area contributed by atoms with Crippen LogP contribution in [0.5, 0.6) is 0 Å². The van der Waals surface area contributed by atoms with Crippen LogP contribution < -0.4 is 5.32 Å². The predicted molar refractivity (Wildman–Crippen MR) is 56.7 cm³/mol. The fourth-order valence-corrected chi connectivity index (χ4v) is 1.17. The van der Waals surface area contributed by atoms with Crippen molar-refractivity contribution >= 4 is 23.3 Å². The maximum atomic E-state index is 13.4. The van der Waals surface area contributed by atoms with Crippen molar-refractivity contribution in [3.05, 3.63) is 29.0 Å². The van der Waals surface area contributed by atoms with E-state index in [1.54, 1.807) is 6.07 Å². The van der Waals surface area contributed by atoms with Gasteiger partial charge in [-0.3, -0.25) is 0 Å². The second-order valence-corrected chi connectivity index (χ2v) is 4.06. The van der Waals surface area contributed by atoms with Crippen LogP contribution in [-0.2, 0) is 4.79 Å². The molecule has 0 aliphatic carbocycles. The summed E-state index contributed by atoms with van der Waals surface area (Å²) in [4.78, 5) is 10.8. The molecule has 1 rings (SSSR count). The average molecular weight is 232 g/mol. The van der Waals surface area contributed by atoms with Gasteiger partial charge in [-0.1, -0.05) is 17.7 Å². The van der Waals surface area contributed by atoms with Gasteiger partial charge >= 0.3 is 5.97 Å². The molecule has 5 heteroatoms. The van der Waals surface area contributed by atoms with Crippen molar-refractivity contribution in [3.63, 3.8) is 0 Å². The van der Waals surface area contributed by atoms with Gasteiger partial charge in [-0.15, -0.1) is 0 Å². The third-order valence-corrected chi connectivity index (χ3v) is 2.23. The Bertz CT molecular complexity index is 393. The van der Waals surface area contributed by atoms with E-state index in [0.717, 1.165) is 0 Å². The minimum absolute atomic E-state index is 0.0406. The highest BCUT2D eigenvalue weighted by Gasteiger charge is 2.27. The van der Waals surface area contributed by atoms with Crippen LogP contribution in [0.1, 0.15) is 13.8 Å². The van der Waals surface area contributed by atoms with Crippen LogP contribution in [0.3, 0.4) is 0 Å². The normalized spacial score (nSPS) is 11.2. The molecule has 0 atom stereocenters. The highest BCUT2D eigenvalue weighted by Crippen LogP contribution is 2.24. The first-order valence-electron chi connectivity index (χ1n) is 4.30. The number of anilines is 1. The third-order valence-electron chi connectivity index (χ3n) is 1.93. The number of rotatable bonds is 3. The molecular formula is C10H11ClFNO2. The van der Waals surface area contributed by atoms with E-state index in [1.165, 1.54) is 26.0 Å². The lowest BCUT2D eigenvalue weighted by Crippen LogP contribution is -2.40. The van der Waals surface area contributed by atoms with Crippen molar-refractivity contribution in [3.8, 4) is 0 Å². The van der Waals surface area contributed by atoms with Gasteiger partial charge in [0.1, 0.15) is 5.54 Å². The Kier molecular flexibility index (Phi) is 3.19. The number of benzene rings is 1. The van der Waals surface area contributed by atoms with Crippen LogP contribution in [0.25, 0.3) is 0 Å². The van der Waals surface area contributed by atoms with Crippen LogP contribution in [0.2, 0.25) is 5.02 Å². The molecule has 3 nitrogen and oxygen atoms in total. The Morgan fingerprint density at radius 3 is 2.67 bits per heavy atom. The number of hydrogen-bond acceptors (Lipinski definition) is 2. The van der Waals surface area contributed by atoms with Gasteiger partial charge in [0.05, 0.1) is 10.7 Å². The minimum Gasteiger partial charge on any atom is -0.480 e. The number of halogens is 2. The Morgan fingerprint density at radius 2 is 2.13 bits per heavy atom. The molecule has 0 aliphatic heterocycles. The molecule has 0 unspecified atom stereocenters. The maximum absolute atomic E-state index is 13.4. The largest absolute Gasteiger partial charge is 0.480 e. The predicted octanol–water partition coefficient (Wildman–Crippen LogP) is 2.75. The number of hydrogen-bond donors (Lipinski definition) is 2. The van der Waals surface area contributed by atoms with Crippen molar-refractivity contribution in [2.24, 2.45) is 0 Å². The summed E-state index contributed by atoms with van der Waals surface area (Å²) in [5, 5.41) is 11.4. The van der Waals surface area contributed by atoms with Gasteiger partial charge < -0.3 is 10.4 Å². The molecule has 0 saturated carbocycles. The van der Waals surface area contributed by atoms with Crippen LogP contribution in [0.4, 0.5) is 10.1 Å². The molecule has 0 aliphatic rings. The van der Waals surface area contributed by atoms with Gasteiger partial charge in [0, 0.05) is 0 Å². The highest BCUT2D eigenvalue weighted by molar-refractivity contribution is 6.31. The van der Waals surface area contributed by atoms with Gasteiger partial charge in [-0.05, 0) is 26.0 Å². The molecule has 0 heterocycles. The van der Waals surface area contributed by atoms with Crippen LogP contribution in [0.15, 0.2) is 18.2 Å². The fourth-order valence-electron chi connectivity index (χ4n) is 0.990. The molecule has 0 saturated heterocycles. The van der Waals surface area contributed by atoms with E-state index in [9.17, 15) is 9.18 Å². The smallest absolute Gasteiger partial charge is 0.328 e. The van der Waals surface area contributed by atoms with Gasteiger partial charge in [-0.2, -0.15) is 0 Å². The van der Waals surface area contributed by atoms with E-state index >= 15 is 0 Å². The topological polar surface area (TPSA) is 49.3 Å². The molecule has 0 amide bonds. The summed E-state index contributed by atoms with van der Waals surface area (Å²) in [5.74, 6) is -1.71. The quantitative estimate of drug-likeness (QED) is 0.841. The summed E-state index contributed by atoms with van der Waals surface area (Å²) in [6.45, 7) is 2.88. The lowest BCUT2D eigenvalue weighted by atomic mass is 10.1. The first kappa shape index (κ1) is 11.8. The van der Waals surface area contributed by atoms with Gasteiger partial charge in [0.2, 0.25) is 0 Å². The second-order valence-electron chi connectivity index (χ2n) is 3.66. The number of carboxylic acid groups (broad SMARTS) is 1. The minimum atomic E-state index is -1.24. The summed E-state index contributed by atoms with van der Waals surface area (Å²) >= 11 is 5.56. The molecule has 15 heavy (non-hydrogen) atoms. The van der Waals surface area contributed by atoms with Crippen molar-refractivity contribution in [1.82, 2.24) is 0 Å². The Labute approximate surface area is 91.9 Å². The molecule has 1 aromatic rings. The zero-order valence-electron chi connectivity index (χ0n) is 8.34. The van der Waals surface area contributed by atoms with Gasteiger partial charge in [0.15, 0.2) is 5.82 Å². The first-order chi connectivity index (χ1) is 6.84. The first-order valence-corrected chi connectivity index (χ1v) is 4.68. The second kappa shape index (κ2) is 4.06. The van der Waals surface area contributed by atoms with E-state index in [4.69, 9.17) is 16.7 Å². The van der Waals surface area contributed by atoms with Crippen molar-refractivity contribution in [1.29, 1.82) is 0 Å². The van der Waals surface area contributed by atoms with Crippen molar-refractivity contribution in [2.45, 2.75) is 19.4 Å².